The summed E-state index contributed by atoms with van der Waals surface area (Å²) in [6, 6.07) is 0. The van der Waals surface area contributed by atoms with Crippen LogP contribution in [0.4, 0.5) is 0 Å². The zero-order valence-corrected chi connectivity index (χ0v) is 40.7. The van der Waals surface area contributed by atoms with Crippen molar-refractivity contribution in [1.29, 1.82) is 0 Å². The van der Waals surface area contributed by atoms with Crippen LogP contribution in [0.25, 0.3) is 0 Å². The molecular weight excluding hydrogens is 859 g/mol. The van der Waals surface area contributed by atoms with Crippen molar-refractivity contribution in [2.45, 2.75) is 249 Å². The Morgan fingerprint density at radius 3 is 1.52 bits per heavy atom. The van der Waals surface area contributed by atoms with Gasteiger partial charge in [0.15, 0.2) is 6.10 Å². The van der Waals surface area contributed by atoms with E-state index >= 15 is 0 Å². The van der Waals surface area contributed by atoms with Crippen LogP contribution in [0, 0.1) is 0 Å². The number of carbonyl (C=O) groups is 2. The van der Waals surface area contributed by atoms with Crippen LogP contribution >= 0.6 is 7.82 Å². The molecule has 0 aromatic carbocycles. The van der Waals surface area contributed by atoms with E-state index in [0.717, 1.165) is 38.5 Å². The molecule has 0 bridgehead atoms. The Kier molecular flexibility index (Phi) is 36.5. The standard InChI is InChI=1S/C49H89O15P/c1-3-5-7-9-11-13-15-17-18-19-20-21-23-25-27-29-31-35-42(52)61-37-39(38-62-65(59,60)64-49-47(57)45(55)44(54)46(56)48(49)58)63-43(53)36-32-34-41(51)40(50)33-30-28-26-24-22-16-14-12-10-8-6-4-2/h12,14,22,24,28,30,39-41,44-51,54-58H,3-11,13,15-21,23,25-27,29,31-38H2,1-2H3,(H,59,60)/b14-12-,24-22-,30-28-/t39-,40?,41?,44?,45-,46+,47-,48-,49?/m1/s1. The second-order valence-electron chi connectivity index (χ2n) is 17.6. The molecule has 0 saturated heterocycles. The summed E-state index contributed by atoms with van der Waals surface area (Å²) >= 11 is 0. The van der Waals surface area contributed by atoms with E-state index in [4.69, 9.17) is 18.5 Å². The largest absolute Gasteiger partial charge is 0.472 e. The second kappa shape index (κ2) is 38.9. The van der Waals surface area contributed by atoms with E-state index in [1.165, 1.54) is 96.3 Å². The third kappa shape index (κ3) is 30.9. The number of ether oxygens (including phenoxy) is 2. The summed E-state index contributed by atoms with van der Waals surface area (Å²) in [4.78, 5) is 35.8. The van der Waals surface area contributed by atoms with Crippen LogP contribution in [0.2, 0.25) is 0 Å². The topological polar surface area (TPSA) is 250 Å². The number of esters is 2. The summed E-state index contributed by atoms with van der Waals surface area (Å²) in [5.74, 6) is -1.38. The van der Waals surface area contributed by atoms with Gasteiger partial charge in [-0.2, -0.15) is 0 Å². The maximum atomic E-state index is 12.8. The number of phosphoric acid groups is 1. The van der Waals surface area contributed by atoms with Gasteiger partial charge in [-0.3, -0.25) is 18.6 Å². The van der Waals surface area contributed by atoms with Gasteiger partial charge in [-0.25, -0.2) is 4.57 Å². The summed E-state index contributed by atoms with van der Waals surface area (Å²) in [5, 5.41) is 71.1. The molecule has 8 N–H and O–H groups in total. The molecule has 0 amide bonds. The molecule has 380 valence electrons. The Labute approximate surface area is 390 Å². The predicted octanol–water partition coefficient (Wildman–Crippen LogP) is 8.11. The van der Waals surface area contributed by atoms with Crippen LogP contribution in [0.3, 0.4) is 0 Å². The lowest BCUT2D eigenvalue weighted by atomic mass is 9.85. The zero-order valence-electron chi connectivity index (χ0n) is 39.8. The molecule has 0 heterocycles. The van der Waals surface area contributed by atoms with E-state index in [0.29, 0.717) is 12.8 Å². The number of hydrogen-bond donors (Lipinski definition) is 8. The zero-order chi connectivity index (χ0) is 48.1. The molecule has 1 aliphatic rings. The highest BCUT2D eigenvalue weighted by atomic mass is 31.2. The number of unbranched alkanes of at least 4 members (excludes halogenated alkanes) is 19. The Bertz CT molecular complexity index is 1310. The van der Waals surface area contributed by atoms with Crippen LogP contribution in [-0.2, 0) is 32.7 Å². The number of hydrogen-bond acceptors (Lipinski definition) is 14. The molecule has 1 aliphatic carbocycles. The molecular formula is C49H89O15P. The van der Waals surface area contributed by atoms with Gasteiger partial charge >= 0.3 is 19.8 Å². The maximum absolute atomic E-state index is 12.8. The molecule has 0 aromatic rings. The lowest BCUT2D eigenvalue weighted by Crippen LogP contribution is -2.64. The minimum Gasteiger partial charge on any atom is -0.462 e. The SMILES string of the molecule is CCCCC/C=C\C/C=C\C/C=C\CC(O)C(O)CCCC(=O)O[C@H](COC(=O)CCCCCCCCCCCCCCCCCCC)COP(=O)(O)OC1[C@H](O)[C@H](O)C(O)[C@H](O)[C@H]1O. The van der Waals surface area contributed by atoms with Crippen LogP contribution in [0.15, 0.2) is 36.5 Å². The predicted molar refractivity (Wildman–Crippen MR) is 252 cm³/mol. The summed E-state index contributed by atoms with van der Waals surface area (Å²) < 4.78 is 33.4. The lowest BCUT2D eigenvalue weighted by molar-refractivity contribution is -0.220. The minimum atomic E-state index is -5.20. The smallest absolute Gasteiger partial charge is 0.462 e. The Balaban J connectivity index is 2.53. The van der Waals surface area contributed by atoms with Crippen molar-refractivity contribution in [2.75, 3.05) is 13.2 Å². The average molecular weight is 949 g/mol. The van der Waals surface area contributed by atoms with Crippen molar-refractivity contribution in [3.8, 4) is 0 Å². The number of allylic oxidation sites excluding steroid dienone is 5. The second-order valence-corrected chi connectivity index (χ2v) is 19.0. The highest BCUT2D eigenvalue weighted by Gasteiger charge is 2.51. The monoisotopic (exact) mass is 949 g/mol. The molecule has 0 aromatic heterocycles. The minimum absolute atomic E-state index is 0.0717. The molecule has 15 nitrogen and oxygen atoms in total. The van der Waals surface area contributed by atoms with Gasteiger partial charge in [-0.05, 0) is 51.4 Å². The Morgan fingerprint density at radius 2 is 0.985 bits per heavy atom. The Morgan fingerprint density at radius 1 is 0.538 bits per heavy atom. The molecule has 1 saturated carbocycles. The molecule has 1 fully saturated rings. The molecule has 5 unspecified atom stereocenters. The summed E-state index contributed by atoms with van der Waals surface area (Å²) in [5.41, 5.74) is 0. The number of phosphoric ester groups is 1. The van der Waals surface area contributed by atoms with Crippen LogP contribution in [0.1, 0.15) is 194 Å². The van der Waals surface area contributed by atoms with Gasteiger partial charge in [0.2, 0.25) is 0 Å². The van der Waals surface area contributed by atoms with Crippen molar-refractivity contribution in [2.24, 2.45) is 0 Å². The number of rotatable bonds is 41. The van der Waals surface area contributed by atoms with Crippen LogP contribution in [-0.4, -0.2) is 121 Å². The first-order chi connectivity index (χ1) is 31.2. The van der Waals surface area contributed by atoms with Crippen molar-refractivity contribution < 1.29 is 73.3 Å². The third-order valence-electron chi connectivity index (χ3n) is 11.7. The summed E-state index contributed by atoms with van der Waals surface area (Å²) in [6.07, 6.45) is 23.4. The van der Waals surface area contributed by atoms with E-state index in [1.54, 1.807) is 6.08 Å². The van der Waals surface area contributed by atoms with E-state index in [9.17, 15) is 54.8 Å². The maximum Gasteiger partial charge on any atom is 0.472 e. The van der Waals surface area contributed by atoms with Gasteiger partial charge in [0, 0.05) is 12.8 Å². The molecule has 0 spiro atoms. The van der Waals surface area contributed by atoms with Gasteiger partial charge in [0.25, 0.3) is 0 Å². The number of carbonyl (C=O) groups excluding carboxylic acids is 2. The van der Waals surface area contributed by atoms with Gasteiger partial charge in [0.05, 0.1) is 18.8 Å². The average Bonchev–Trinajstić information content (AvgIpc) is 3.28. The van der Waals surface area contributed by atoms with Crippen LogP contribution < -0.4 is 0 Å². The van der Waals surface area contributed by atoms with E-state index < -0.39 is 87.9 Å². The summed E-state index contributed by atoms with van der Waals surface area (Å²) in [7, 11) is -5.20. The molecule has 0 radical (unpaired) electrons. The van der Waals surface area contributed by atoms with Gasteiger partial charge in [-0.15, -0.1) is 0 Å². The number of aliphatic hydroxyl groups is 7. The normalized spacial score (nSPS) is 22.7. The van der Waals surface area contributed by atoms with E-state index in [-0.39, 0.29) is 32.1 Å². The highest BCUT2D eigenvalue weighted by molar-refractivity contribution is 7.47. The van der Waals surface area contributed by atoms with Gasteiger partial charge in [-0.1, -0.05) is 166 Å². The van der Waals surface area contributed by atoms with E-state index in [2.05, 4.69) is 32.1 Å². The van der Waals surface area contributed by atoms with Crippen molar-refractivity contribution in [3.05, 3.63) is 36.5 Å². The summed E-state index contributed by atoms with van der Waals surface area (Å²) in [6.45, 7) is 3.05. The third-order valence-corrected chi connectivity index (χ3v) is 12.7. The van der Waals surface area contributed by atoms with Crippen molar-refractivity contribution in [1.82, 2.24) is 0 Å². The highest BCUT2D eigenvalue weighted by Crippen LogP contribution is 2.47. The van der Waals surface area contributed by atoms with Gasteiger partial charge in [0.1, 0.15) is 43.2 Å². The van der Waals surface area contributed by atoms with Crippen molar-refractivity contribution in [3.63, 3.8) is 0 Å². The molecule has 16 heteroatoms. The van der Waals surface area contributed by atoms with Gasteiger partial charge < -0.3 is 50.1 Å². The fourth-order valence-electron chi connectivity index (χ4n) is 7.51. The first kappa shape index (κ1) is 61.0. The Hall–Kier alpha value is -2.01. The quantitative estimate of drug-likeness (QED) is 0.0125. The lowest BCUT2D eigenvalue weighted by Gasteiger charge is -2.41. The van der Waals surface area contributed by atoms with E-state index in [1.807, 2.05) is 12.2 Å². The molecule has 65 heavy (non-hydrogen) atoms. The molecule has 1 rings (SSSR count). The first-order valence-electron chi connectivity index (χ1n) is 25.0. The molecule has 10 atom stereocenters. The van der Waals surface area contributed by atoms with Crippen LogP contribution in [0.5, 0.6) is 0 Å². The number of aliphatic hydroxyl groups excluding tert-OH is 7. The molecule has 0 aliphatic heterocycles. The first-order valence-corrected chi connectivity index (χ1v) is 26.5. The fraction of sp³-hybridized carbons (Fsp3) is 0.837. The fourth-order valence-corrected chi connectivity index (χ4v) is 8.48. The van der Waals surface area contributed by atoms with Crippen molar-refractivity contribution >= 4 is 19.8 Å².